The van der Waals surface area contributed by atoms with Gasteiger partial charge in [0.05, 0.1) is 0 Å². The lowest BCUT2D eigenvalue weighted by Gasteiger charge is -1.99. The lowest BCUT2D eigenvalue weighted by molar-refractivity contribution is -0.159. The van der Waals surface area contributed by atoms with Gasteiger partial charge in [0.2, 0.25) is 0 Å². The summed E-state index contributed by atoms with van der Waals surface area (Å²) in [5.74, 6) is -1.04. The molecule has 0 aromatic heterocycles. The molecule has 0 spiro atoms. The van der Waals surface area contributed by atoms with Gasteiger partial charge in [-0.05, 0) is 12.8 Å². The largest absolute Gasteiger partial charge is 0.396 e. The van der Waals surface area contributed by atoms with Crippen molar-refractivity contribution in [1.82, 2.24) is 0 Å². The second kappa shape index (κ2) is 6.79. The van der Waals surface area contributed by atoms with E-state index in [0.717, 1.165) is 0 Å². The van der Waals surface area contributed by atoms with Crippen LogP contribution in [0.25, 0.3) is 0 Å². The van der Waals surface area contributed by atoms with Crippen LogP contribution in [0.4, 0.5) is 0 Å². The lowest BCUT2D eigenvalue weighted by atomic mass is 10.3. The van der Waals surface area contributed by atoms with E-state index in [0.29, 0.717) is 12.8 Å². The monoisotopic (exact) mass is 174 g/mol. The first-order chi connectivity index (χ1) is 5.70. The van der Waals surface area contributed by atoms with Crippen molar-refractivity contribution in [2.24, 2.45) is 0 Å². The van der Waals surface area contributed by atoms with Gasteiger partial charge in [0.15, 0.2) is 0 Å². The number of ether oxygens (including phenoxy) is 1. The van der Waals surface area contributed by atoms with Crippen molar-refractivity contribution < 1.29 is 19.4 Å². The molecule has 0 aromatic rings. The Morgan fingerprint density at radius 3 is 2.33 bits per heavy atom. The van der Waals surface area contributed by atoms with Crippen LogP contribution < -0.4 is 0 Å². The van der Waals surface area contributed by atoms with E-state index in [9.17, 15) is 9.59 Å². The summed E-state index contributed by atoms with van der Waals surface area (Å²) in [6.45, 7) is 1.77. The van der Waals surface area contributed by atoms with Gasteiger partial charge in [-0.2, -0.15) is 0 Å². The van der Waals surface area contributed by atoms with Gasteiger partial charge >= 0.3 is 11.9 Å². The van der Waals surface area contributed by atoms with Crippen molar-refractivity contribution in [2.45, 2.75) is 32.6 Å². The molecule has 0 aliphatic carbocycles. The average Bonchev–Trinajstić information content (AvgIpc) is 2.01. The van der Waals surface area contributed by atoms with Gasteiger partial charge in [-0.1, -0.05) is 6.92 Å². The molecule has 0 heterocycles. The molecule has 0 amide bonds. The number of rotatable bonds is 5. The first-order valence-electron chi connectivity index (χ1n) is 4.05. The van der Waals surface area contributed by atoms with E-state index in [4.69, 9.17) is 5.11 Å². The summed E-state index contributed by atoms with van der Waals surface area (Å²) in [5.41, 5.74) is 0. The topological polar surface area (TPSA) is 63.6 Å². The fourth-order valence-electron chi connectivity index (χ4n) is 0.657. The molecule has 4 nitrogen and oxygen atoms in total. The SMILES string of the molecule is CCCC(=O)OC(=O)CCCO. The molecular weight excluding hydrogens is 160 g/mol. The molecule has 0 saturated heterocycles. The zero-order valence-corrected chi connectivity index (χ0v) is 7.21. The van der Waals surface area contributed by atoms with Crippen LogP contribution in [0.15, 0.2) is 0 Å². The van der Waals surface area contributed by atoms with Gasteiger partial charge in [0.25, 0.3) is 0 Å². The number of esters is 2. The van der Waals surface area contributed by atoms with Crippen LogP contribution in [0.5, 0.6) is 0 Å². The highest BCUT2D eigenvalue weighted by molar-refractivity contribution is 5.85. The van der Waals surface area contributed by atoms with E-state index < -0.39 is 11.9 Å². The Morgan fingerprint density at radius 1 is 1.25 bits per heavy atom. The summed E-state index contributed by atoms with van der Waals surface area (Å²) >= 11 is 0. The van der Waals surface area contributed by atoms with Crippen molar-refractivity contribution >= 4 is 11.9 Å². The Kier molecular flexibility index (Phi) is 6.28. The van der Waals surface area contributed by atoms with Crippen LogP contribution in [-0.4, -0.2) is 23.7 Å². The summed E-state index contributed by atoms with van der Waals surface area (Å²) in [4.78, 5) is 21.4. The predicted octanol–water partition coefficient (Wildman–Crippen LogP) is 0.629. The van der Waals surface area contributed by atoms with Gasteiger partial charge in [-0.15, -0.1) is 0 Å². The highest BCUT2D eigenvalue weighted by Gasteiger charge is 2.07. The Bertz CT molecular complexity index is 153. The van der Waals surface area contributed by atoms with Gasteiger partial charge in [0.1, 0.15) is 0 Å². The van der Waals surface area contributed by atoms with E-state index in [1.54, 1.807) is 0 Å². The third-order valence-electron chi connectivity index (χ3n) is 1.22. The van der Waals surface area contributed by atoms with Gasteiger partial charge in [-0.3, -0.25) is 9.59 Å². The van der Waals surface area contributed by atoms with E-state index in [1.165, 1.54) is 0 Å². The van der Waals surface area contributed by atoms with Crippen molar-refractivity contribution in [3.05, 3.63) is 0 Å². The number of aliphatic hydroxyl groups is 1. The standard InChI is InChI=1S/C8H14O4/c1-2-4-7(10)12-8(11)5-3-6-9/h9H,2-6H2,1H3. The minimum absolute atomic E-state index is 0.0585. The molecular formula is C8H14O4. The second-order valence-electron chi connectivity index (χ2n) is 2.42. The first kappa shape index (κ1) is 11.1. The molecule has 0 aromatic carbocycles. The maximum absolute atomic E-state index is 10.7. The van der Waals surface area contributed by atoms with Crippen molar-refractivity contribution in [3.63, 3.8) is 0 Å². The third kappa shape index (κ3) is 5.85. The zero-order chi connectivity index (χ0) is 9.40. The van der Waals surface area contributed by atoms with Crippen molar-refractivity contribution in [3.8, 4) is 0 Å². The maximum Gasteiger partial charge on any atom is 0.313 e. The Hall–Kier alpha value is -0.900. The molecule has 0 radical (unpaired) electrons. The molecule has 70 valence electrons. The molecule has 0 bridgehead atoms. The molecule has 0 aliphatic heterocycles. The Labute approximate surface area is 71.5 Å². The van der Waals surface area contributed by atoms with Crippen LogP contribution in [0.1, 0.15) is 32.6 Å². The number of hydrogen-bond donors (Lipinski definition) is 1. The van der Waals surface area contributed by atoms with E-state index in [1.807, 2.05) is 6.92 Å². The number of carbonyl (C=O) groups is 2. The van der Waals surface area contributed by atoms with Crippen LogP contribution in [0.2, 0.25) is 0 Å². The number of hydrogen-bond acceptors (Lipinski definition) is 4. The van der Waals surface area contributed by atoms with Crippen molar-refractivity contribution in [2.75, 3.05) is 6.61 Å². The molecule has 1 N–H and O–H groups in total. The molecule has 12 heavy (non-hydrogen) atoms. The summed E-state index contributed by atoms with van der Waals surface area (Å²) in [5, 5.41) is 8.36. The van der Waals surface area contributed by atoms with Gasteiger partial charge in [0, 0.05) is 19.4 Å². The summed E-state index contributed by atoms with van der Waals surface area (Å²) in [7, 11) is 0. The molecule has 0 rings (SSSR count). The summed E-state index contributed by atoms with van der Waals surface area (Å²) < 4.78 is 4.40. The van der Waals surface area contributed by atoms with Gasteiger partial charge < -0.3 is 9.84 Å². The lowest BCUT2D eigenvalue weighted by Crippen LogP contribution is -2.11. The minimum atomic E-state index is -0.553. The van der Waals surface area contributed by atoms with Crippen LogP contribution in [-0.2, 0) is 14.3 Å². The fourth-order valence-corrected chi connectivity index (χ4v) is 0.657. The highest BCUT2D eigenvalue weighted by Crippen LogP contribution is 1.96. The summed E-state index contributed by atoms with van der Waals surface area (Å²) in [6.07, 6.45) is 1.39. The molecule has 0 fully saturated rings. The highest BCUT2D eigenvalue weighted by atomic mass is 16.6. The fraction of sp³-hybridized carbons (Fsp3) is 0.750. The van der Waals surface area contributed by atoms with E-state index in [-0.39, 0.29) is 19.4 Å². The Morgan fingerprint density at radius 2 is 1.83 bits per heavy atom. The molecule has 0 unspecified atom stereocenters. The minimum Gasteiger partial charge on any atom is -0.396 e. The quantitative estimate of drug-likeness (QED) is 0.490. The molecule has 0 saturated carbocycles. The molecule has 0 aliphatic rings. The van der Waals surface area contributed by atoms with E-state index >= 15 is 0 Å². The Balaban J connectivity index is 3.47. The number of aliphatic hydroxyl groups excluding tert-OH is 1. The normalized spacial score (nSPS) is 9.50. The molecule has 4 heteroatoms. The van der Waals surface area contributed by atoms with Crippen molar-refractivity contribution in [1.29, 1.82) is 0 Å². The zero-order valence-electron chi connectivity index (χ0n) is 7.21. The van der Waals surface area contributed by atoms with Crippen LogP contribution in [0, 0.1) is 0 Å². The predicted molar refractivity (Wildman–Crippen MR) is 42.3 cm³/mol. The summed E-state index contributed by atoms with van der Waals surface area (Å²) in [6, 6.07) is 0. The smallest absolute Gasteiger partial charge is 0.313 e. The number of carbonyl (C=O) groups excluding carboxylic acids is 2. The van der Waals surface area contributed by atoms with Crippen LogP contribution >= 0.6 is 0 Å². The average molecular weight is 174 g/mol. The molecule has 0 atom stereocenters. The third-order valence-corrected chi connectivity index (χ3v) is 1.22. The van der Waals surface area contributed by atoms with E-state index in [2.05, 4.69) is 4.74 Å². The second-order valence-corrected chi connectivity index (χ2v) is 2.42. The van der Waals surface area contributed by atoms with Gasteiger partial charge in [-0.25, -0.2) is 0 Å². The van der Waals surface area contributed by atoms with Crippen LogP contribution in [0.3, 0.4) is 0 Å². The maximum atomic E-state index is 10.7. The first-order valence-corrected chi connectivity index (χ1v) is 4.05.